The number of halogens is 1. The number of ether oxygens (including phenoxy) is 1. The third-order valence-corrected chi connectivity index (χ3v) is 9.08. The van der Waals surface area contributed by atoms with E-state index in [0.717, 1.165) is 12.0 Å². The summed E-state index contributed by atoms with van der Waals surface area (Å²) in [6.07, 6.45) is 6.19. The fourth-order valence-corrected chi connectivity index (χ4v) is 7.49. The highest BCUT2D eigenvalue weighted by Gasteiger charge is 2.78. The SMILES string of the molecule is C=CCN(CCC)C(=O)[C@H]1[C@H]2C(=O)N(CCCCO)C(C(=O)N(CC=C)c3c(C)cccc3Cl)C23CC[C@]1(C)O3. The lowest BCUT2D eigenvalue weighted by Gasteiger charge is -2.37. The first-order valence-corrected chi connectivity index (χ1v) is 14.7. The molecule has 40 heavy (non-hydrogen) atoms. The Hall–Kier alpha value is -2.68. The van der Waals surface area contributed by atoms with Gasteiger partial charge in [0.05, 0.1) is 28.1 Å². The van der Waals surface area contributed by atoms with Crippen LogP contribution in [0, 0.1) is 18.8 Å². The average molecular weight is 572 g/mol. The van der Waals surface area contributed by atoms with Crippen LogP contribution in [-0.2, 0) is 19.1 Å². The number of hydrogen-bond donors (Lipinski definition) is 1. The lowest BCUT2D eigenvalue weighted by Crippen LogP contribution is -2.57. The highest BCUT2D eigenvalue weighted by Crippen LogP contribution is 2.63. The molecule has 3 aliphatic rings. The summed E-state index contributed by atoms with van der Waals surface area (Å²) >= 11 is 6.62. The number of rotatable bonds is 13. The van der Waals surface area contributed by atoms with Gasteiger partial charge in [-0.15, -0.1) is 13.2 Å². The molecule has 8 nitrogen and oxygen atoms in total. The molecular weight excluding hydrogens is 530 g/mol. The lowest BCUT2D eigenvalue weighted by atomic mass is 9.66. The molecule has 0 saturated carbocycles. The second-order valence-corrected chi connectivity index (χ2v) is 11.8. The van der Waals surface area contributed by atoms with Crippen LogP contribution in [0.2, 0.25) is 5.02 Å². The maximum Gasteiger partial charge on any atom is 0.253 e. The monoisotopic (exact) mass is 571 g/mol. The van der Waals surface area contributed by atoms with Crippen molar-refractivity contribution in [1.29, 1.82) is 0 Å². The smallest absolute Gasteiger partial charge is 0.253 e. The Morgan fingerprint density at radius 3 is 2.55 bits per heavy atom. The van der Waals surface area contributed by atoms with Crippen LogP contribution in [0.15, 0.2) is 43.5 Å². The van der Waals surface area contributed by atoms with Crippen LogP contribution in [-0.4, -0.2) is 82.7 Å². The van der Waals surface area contributed by atoms with Crippen molar-refractivity contribution in [2.75, 3.05) is 37.7 Å². The van der Waals surface area contributed by atoms with E-state index in [9.17, 15) is 19.5 Å². The number of aryl methyl sites for hydroxylation is 1. The van der Waals surface area contributed by atoms with Crippen molar-refractivity contribution in [3.8, 4) is 0 Å². The zero-order valence-electron chi connectivity index (χ0n) is 23.9. The van der Waals surface area contributed by atoms with Crippen LogP contribution in [0.25, 0.3) is 0 Å². The number of aliphatic hydroxyl groups excluding tert-OH is 1. The number of unbranched alkanes of at least 4 members (excludes halogenated alkanes) is 1. The number of fused-ring (bicyclic) bond motifs is 1. The van der Waals surface area contributed by atoms with Crippen LogP contribution in [0.5, 0.6) is 0 Å². The summed E-state index contributed by atoms with van der Waals surface area (Å²) in [6.45, 7) is 14.9. The fraction of sp³-hybridized carbons (Fsp3) is 0.581. The van der Waals surface area contributed by atoms with Gasteiger partial charge in [0.1, 0.15) is 11.6 Å². The summed E-state index contributed by atoms with van der Waals surface area (Å²) in [5.41, 5.74) is -0.597. The van der Waals surface area contributed by atoms with Crippen LogP contribution in [0.1, 0.15) is 51.5 Å². The van der Waals surface area contributed by atoms with Gasteiger partial charge in [0.2, 0.25) is 11.8 Å². The molecule has 1 aromatic rings. The van der Waals surface area contributed by atoms with Gasteiger partial charge in [0.25, 0.3) is 5.91 Å². The van der Waals surface area contributed by atoms with Gasteiger partial charge in [0, 0.05) is 32.8 Å². The molecule has 4 rings (SSSR count). The third-order valence-electron chi connectivity index (χ3n) is 8.77. The minimum atomic E-state index is -1.14. The zero-order chi connectivity index (χ0) is 29.2. The van der Waals surface area contributed by atoms with Crippen molar-refractivity contribution in [2.45, 2.75) is 70.1 Å². The third kappa shape index (κ3) is 4.88. The number of benzene rings is 1. The predicted octanol–water partition coefficient (Wildman–Crippen LogP) is 4.13. The fourth-order valence-electron chi connectivity index (χ4n) is 7.16. The van der Waals surface area contributed by atoms with Gasteiger partial charge in [-0.2, -0.15) is 0 Å². The molecule has 0 radical (unpaired) electrons. The molecule has 0 aliphatic carbocycles. The molecule has 9 heteroatoms. The summed E-state index contributed by atoms with van der Waals surface area (Å²) in [7, 11) is 0. The summed E-state index contributed by atoms with van der Waals surface area (Å²) in [5.74, 6) is -2.14. The largest absolute Gasteiger partial charge is 0.396 e. The highest BCUT2D eigenvalue weighted by molar-refractivity contribution is 6.34. The first-order chi connectivity index (χ1) is 19.1. The van der Waals surface area contributed by atoms with Gasteiger partial charge in [-0.1, -0.05) is 42.8 Å². The summed E-state index contributed by atoms with van der Waals surface area (Å²) in [5, 5.41) is 9.86. The topological polar surface area (TPSA) is 90.4 Å². The molecule has 218 valence electrons. The van der Waals surface area contributed by atoms with Gasteiger partial charge >= 0.3 is 0 Å². The van der Waals surface area contributed by atoms with E-state index in [4.69, 9.17) is 16.3 Å². The number of aliphatic hydroxyl groups is 1. The molecule has 0 aromatic heterocycles. The molecule has 3 saturated heterocycles. The molecule has 1 spiro atoms. The van der Waals surface area contributed by atoms with E-state index in [-0.39, 0.29) is 37.4 Å². The standard InChI is InChI=1S/C31H42ClN3O5/c1-6-16-33(17-7-2)27(37)23-24-28(38)35(19-9-10-20-36)26(31(24)15-14-30(23,5)40-31)29(39)34(18-8-3)25-21(4)12-11-13-22(25)32/h6,8,11-13,23-24,26,36H,1,3,7,9-10,14-20H2,2,4-5H3/t23-,24+,26?,30+,31?/m1/s1. The van der Waals surface area contributed by atoms with Crippen LogP contribution in [0.4, 0.5) is 5.69 Å². The van der Waals surface area contributed by atoms with Crippen LogP contribution in [0.3, 0.4) is 0 Å². The molecular formula is C31H42ClN3O5. The van der Waals surface area contributed by atoms with E-state index < -0.39 is 29.1 Å². The Balaban J connectivity index is 1.82. The van der Waals surface area contributed by atoms with Gasteiger partial charge in [0.15, 0.2) is 0 Å². The highest BCUT2D eigenvalue weighted by atomic mass is 35.5. The molecule has 3 amide bonds. The zero-order valence-corrected chi connectivity index (χ0v) is 24.7. The van der Waals surface area contributed by atoms with E-state index in [1.807, 2.05) is 32.9 Å². The summed E-state index contributed by atoms with van der Waals surface area (Å²) in [6, 6.07) is 4.52. The minimum absolute atomic E-state index is 0.0141. The minimum Gasteiger partial charge on any atom is -0.396 e. The molecule has 2 unspecified atom stereocenters. The second-order valence-electron chi connectivity index (χ2n) is 11.4. The quantitative estimate of drug-likeness (QED) is 0.284. The first kappa shape index (κ1) is 30.3. The first-order valence-electron chi connectivity index (χ1n) is 14.3. The van der Waals surface area contributed by atoms with Crippen molar-refractivity contribution in [2.24, 2.45) is 11.8 Å². The van der Waals surface area contributed by atoms with Crippen molar-refractivity contribution < 1.29 is 24.2 Å². The van der Waals surface area contributed by atoms with Gasteiger partial charge in [-0.05, 0) is 57.6 Å². The normalized spacial score (nSPS) is 28.5. The Morgan fingerprint density at radius 2 is 1.93 bits per heavy atom. The van der Waals surface area contributed by atoms with Crippen molar-refractivity contribution in [1.82, 2.24) is 9.80 Å². The Morgan fingerprint density at radius 1 is 1.20 bits per heavy atom. The Bertz CT molecular complexity index is 1150. The van der Waals surface area contributed by atoms with Crippen molar-refractivity contribution >= 4 is 35.0 Å². The molecule has 3 heterocycles. The Labute approximate surface area is 242 Å². The lowest BCUT2D eigenvalue weighted by molar-refractivity contribution is -0.149. The number of anilines is 1. The number of carbonyl (C=O) groups is 3. The molecule has 1 aromatic carbocycles. The van der Waals surface area contributed by atoms with Crippen LogP contribution >= 0.6 is 11.6 Å². The number of carbonyl (C=O) groups excluding carboxylic acids is 3. The maximum absolute atomic E-state index is 14.7. The second kappa shape index (κ2) is 12.0. The summed E-state index contributed by atoms with van der Waals surface area (Å²) in [4.78, 5) is 48.0. The predicted molar refractivity (Wildman–Crippen MR) is 156 cm³/mol. The molecule has 1 N–H and O–H groups in total. The number of hydrogen-bond acceptors (Lipinski definition) is 5. The Kier molecular flexibility index (Phi) is 9.12. The molecule has 2 bridgehead atoms. The summed E-state index contributed by atoms with van der Waals surface area (Å²) < 4.78 is 6.79. The number of amides is 3. The van der Waals surface area contributed by atoms with E-state index in [2.05, 4.69) is 13.2 Å². The van der Waals surface area contributed by atoms with Crippen LogP contribution < -0.4 is 4.90 Å². The average Bonchev–Trinajstić information content (AvgIpc) is 3.48. The van der Waals surface area contributed by atoms with Gasteiger partial charge < -0.3 is 24.5 Å². The molecule has 5 atom stereocenters. The van der Waals surface area contributed by atoms with E-state index >= 15 is 0 Å². The van der Waals surface area contributed by atoms with Crippen molar-refractivity contribution in [3.05, 3.63) is 54.1 Å². The van der Waals surface area contributed by atoms with Gasteiger partial charge in [-0.3, -0.25) is 14.4 Å². The maximum atomic E-state index is 14.7. The van der Waals surface area contributed by atoms with Crippen molar-refractivity contribution in [3.63, 3.8) is 0 Å². The number of likely N-dealkylation sites (tertiary alicyclic amines) is 1. The number of para-hydroxylation sites is 1. The molecule has 3 fully saturated rings. The van der Waals surface area contributed by atoms with E-state index in [1.165, 1.54) is 0 Å². The van der Waals surface area contributed by atoms with E-state index in [0.29, 0.717) is 49.5 Å². The number of nitrogens with zero attached hydrogens (tertiary/aromatic N) is 3. The van der Waals surface area contributed by atoms with E-state index in [1.54, 1.807) is 32.9 Å². The van der Waals surface area contributed by atoms with Gasteiger partial charge in [-0.25, -0.2) is 0 Å². The molecule has 3 aliphatic heterocycles.